The zero-order valence-electron chi connectivity index (χ0n) is 14.5. The first kappa shape index (κ1) is 21.1. The van der Waals surface area contributed by atoms with Crippen molar-refractivity contribution in [1.82, 2.24) is 10.3 Å². The Morgan fingerprint density at radius 2 is 2.04 bits per heavy atom. The Balaban J connectivity index is 1.94. The van der Waals surface area contributed by atoms with Gasteiger partial charge in [-0.25, -0.2) is 4.98 Å². The fraction of sp³-hybridized carbons (Fsp3) is 0.294. The van der Waals surface area contributed by atoms with Crippen LogP contribution in [0, 0.1) is 0 Å². The third-order valence-electron chi connectivity index (χ3n) is 3.35. The van der Waals surface area contributed by atoms with Crippen molar-refractivity contribution in [1.29, 1.82) is 0 Å². The Bertz CT molecular complexity index is 856. The predicted octanol–water partition coefficient (Wildman–Crippen LogP) is 3.31. The second kappa shape index (κ2) is 9.68. The molecule has 2 N–H and O–H groups in total. The molecule has 0 aliphatic rings. The fourth-order valence-electron chi connectivity index (χ4n) is 2.04. The summed E-state index contributed by atoms with van der Waals surface area (Å²) in [5.41, 5.74) is 0.672. The van der Waals surface area contributed by atoms with E-state index in [1.807, 2.05) is 0 Å². The van der Waals surface area contributed by atoms with E-state index in [1.54, 1.807) is 24.4 Å². The van der Waals surface area contributed by atoms with Crippen LogP contribution >= 0.6 is 34.5 Å². The standard InChI is InChI=1S/C17H17Cl2N3O4S/c1-3-26-13(23)7-10-8-27-17(21-10)22-15(24)9(2)20-16(25)11-5-4-6-12(18)14(11)19/h4-6,8-9H,3,7H2,1-2H3,(H,20,25)(H,21,22,24). The molecule has 2 aromatic rings. The second-order valence-electron chi connectivity index (χ2n) is 5.41. The van der Waals surface area contributed by atoms with Gasteiger partial charge in [0.2, 0.25) is 5.91 Å². The molecule has 0 saturated heterocycles. The van der Waals surface area contributed by atoms with Crippen molar-refractivity contribution in [2.24, 2.45) is 0 Å². The topological polar surface area (TPSA) is 97.4 Å². The molecule has 0 aliphatic carbocycles. The highest BCUT2D eigenvalue weighted by atomic mass is 35.5. The summed E-state index contributed by atoms with van der Waals surface area (Å²) in [6.45, 7) is 3.54. The van der Waals surface area contributed by atoms with E-state index in [4.69, 9.17) is 27.9 Å². The molecule has 1 unspecified atom stereocenters. The number of nitrogens with zero attached hydrogens (tertiary/aromatic N) is 1. The predicted molar refractivity (Wildman–Crippen MR) is 104 cm³/mol. The molecule has 1 atom stereocenters. The molecule has 2 rings (SSSR count). The highest BCUT2D eigenvalue weighted by Crippen LogP contribution is 2.25. The van der Waals surface area contributed by atoms with Gasteiger partial charge in [0.05, 0.1) is 34.3 Å². The molecule has 1 aromatic heterocycles. The summed E-state index contributed by atoms with van der Waals surface area (Å²) in [7, 11) is 0. The molecule has 0 saturated carbocycles. The molecule has 10 heteroatoms. The monoisotopic (exact) mass is 429 g/mol. The number of hydrogen-bond acceptors (Lipinski definition) is 6. The lowest BCUT2D eigenvalue weighted by Crippen LogP contribution is -2.41. The maximum Gasteiger partial charge on any atom is 0.311 e. The first-order valence-corrected chi connectivity index (χ1v) is 9.61. The number of carbonyl (C=O) groups excluding carboxylic acids is 3. The minimum atomic E-state index is -0.843. The molecule has 0 aliphatic heterocycles. The van der Waals surface area contributed by atoms with Crippen LogP contribution in [-0.2, 0) is 20.7 Å². The minimum Gasteiger partial charge on any atom is -0.466 e. The van der Waals surface area contributed by atoms with Crippen molar-refractivity contribution in [3.63, 3.8) is 0 Å². The second-order valence-corrected chi connectivity index (χ2v) is 7.05. The number of rotatable bonds is 7. The van der Waals surface area contributed by atoms with Gasteiger partial charge in [-0.15, -0.1) is 11.3 Å². The number of amides is 2. The number of aromatic nitrogens is 1. The Morgan fingerprint density at radius 3 is 2.74 bits per heavy atom. The normalized spacial score (nSPS) is 11.6. The van der Waals surface area contributed by atoms with E-state index in [9.17, 15) is 14.4 Å². The van der Waals surface area contributed by atoms with E-state index < -0.39 is 17.9 Å². The van der Waals surface area contributed by atoms with Crippen LogP contribution in [0.5, 0.6) is 0 Å². The van der Waals surface area contributed by atoms with E-state index in [-0.39, 0.29) is 28.0 Å². The zero-order valence-corrected chi connectivity index (χ0v) is 16.9. The van der Waals surface area contributed by atoms with E-state index in [0.29, 0.717) is 17.4 Å². The smallest absolute Gasteiger partial charge is 0.311 e. The summed E-state index contributed by atoms with van der Waals surface area (Å²) in [6, 6.07) is 3.82. The quantitative estimate of drug-likeness (QED) is 0.657. The summed E-state index contributed by atoms with van der Waals surface area (Å²) < 4.78 is 4.85. The van der Waals surface area contributed by atoms with Crippen molar-refractivity contribution < 1.29 is 19.1 Å². The van der Waals surface area contributed by atoms with Crippen molar-refractivity contribution in [2.75, 3.05) is 11.9 Å². The molecule has 2 amide bonds. The number of anilines is 1. The van der Waals surface area contributed by atoms with Crippen LogP contribution in [0.25, 0.3) is 0 Å². The minimum absolute atomic E-state index is 0.0275. The van der Waals surface area contributed by atoms with Crippen LogP contribution in [-0.4, -0.2) is 35.4 Å². The van der Waals surface area contributed by atoms with Gasteiger partial charge in [-0.2, -0.15) is 0 Å². The molecule has 1 heterocycles. The van der Waals surface area contributed by atoms with Gasteiger partial charge >= 0.3 is 5.97 Å². The summed E-state index contributed by atoms with van der Waals surface area (Å²) in [5.74, 6) is -1.37. The summed E-state index contributed by atoms with van der Waals surface area (Å²) >= 11 is 13.1. The molecule has 0 radical (unpaired) electrons. The van der Waals surface area contributed by atoms with E-state index in [2.05, 4.69) is 15.6 Å². The third kappa shape index (κ3) is 5.92. The average Bonchev–Trinajstić information content (AvgIpc) is 3.04. The van der Waals surface area contributed by atoms with Crippen molar-refractivity contribution in [3.05, 3.63) is 44.9 Å². The van der Waals surface area contributed by atoms with Gasteiger partial charge < -0.3 is 15.4 Å². The van der Waals surface area contributed by atoms with E-state index in [0.717, 1.165) is 0 Å². The van der Waals surface area contributed by atoms with Crippen LogP contribution < -0.4 is 10.6 Å². The first-order chi connectivity index (χ1) is 12.8. The van der Waals surface area contributed by atoms with Gasteiger partial charge in [-0.3, -0.25) is 14.4 Å². The maximum atomic E-state index is 12.3. The zero-order chi connectivity index (χ0) is 20.0. The first-order valence-electron chi connectivity index (χ1n) is 7.97. The Hall–Kier alpha value is -2.16. The number of halogens is 2. The molecule has 144 valence electrons. The summed E-state index contributed by atoms with van der Waals surface area (Å²) in [5, 5.41) is 7.48. The Kier molecular flexibility index (Phi) is 7.58. The van der Waals surface area contributed by atoms with Gasteiger partial charge in [0, 0.05) is 5.38 Å². The van der Waals surface area contributed by atoms with E-state index >= 15 is 0 Å². The van der Waals surface area contributed by atoms with E-state index in [1.165, 1.54) is 24.3 Å². The lowest BCUT2D eigenvalue weighted by atomic mass is 10.2. The number of ether oxygens (including phenoxy) is 1. The van der Waals surface area contributed by atoms with Crippen molar-refractivity contribution >= 4 is 57.5 Å². The average molecular weight is 430 g/mol. The largest absolute Gasteiger partial charge is 0.466 e. The SMILES string of the molecule is CCOC(=O)Cc1csc(NC(=O)C(C)NC(=O)c2cccc(Cl)c2Cl)n1. The van der Waals surface area contributed by atoms with Gasteiger partial charge in [-0.05, 0) is 26.0 Å². The lowest BCUT2D eigenvalue weighted by molar-refractivity contribution is -0.142. The van der Waals surface area contributed by atoms with Gasteiger partial charge in [0.15, 0.2) is 5.13 Å². The van der Waals surface area contributed by atoms with Gasteiger partial charge in [-0.1, -0.05) is 29.3 Å². The Morgan fingerprint density at radius 1 is 1.30 bits per heavy atom. The van der Waals surface area contributed by atoms with Crippen LogP contribution in [0.1, 0.15) is 29.9 Å². The highest BCUT2D eigenvalue weighted by molar-refractivity contribution is 7.13. The van der Waals surface area contributed by atoms with Crippen LogP contribution in [0.3, 0.4) is 0 Å². The molecule has 7 nitrogen and oxygen atoms in total. The number of benzene rings is 1. The molecule has 0 fully saturated rings. The maximum absolute atomic E-state index is 12.3. The molecule has 0 spiro atoms. The number of esters is 1. The van der Waals surface area contributed by atoms with Crippen molar-refractivity contribution in [2.45, 2.75) is 26.3 Å². The molecule has 0 bridgehead atoms. The fourth-order valence-corrected chi connectivity index (χ4v) is 3.14. The van der Waals surface area contributed by atoms with Crippen LogP contribution in [0.4, 0.5) is 5.13 Å². The van der Waals surface area contributed by atoms with Gasteiger partial charge in [0.25, 0.3) is 5.91 Å². The number of carbonyl (C=O) groups is 3. The van der Waals surface area contributed by atoms with Crippen molar-refractivity contribution in [3.8, 4) is 0 Å². The third-order valence-corrected chi connectivity index (χ3v) is 4.98. The summed E-state index contributed by atoms with van der Waals surface area (Å²) in [4.78, 5) is 40.1. The molecule has 1 aromatic carbocycles. The number of hydrogen-bond donors (Lipinski definition) is 2. The van der Waals surface area contributed by atoms with Crippen LogP contribution in [0.15, 0.2) is 23.6 Å². The number of nitrogens with one attached hydrogen (secondary N) is 2. The number of thiazole rings is 1. The Labute approximate surface area is 170 Å². The van der Waals surface area contributed by atoms with Crippen LogP contribution in [0.2, 0.25) is 10.0 Å². The molecule has 27 heavy (non-hydrogen) atoms. The van der Waals surface area contributed by atoms with Gasteiger partial charge in [0.1, 0.15) is 6.04 Å². The lowest BCUT2D eigenvalue weighted by Gasteiger charge is -2.14. The molecular weight excluding hydrogens is 413 g/mol. The molecular formula is C17H17Cl2N3O4S. The highest BCUT2D eigenvalue weighted by Gasteiger charge is 2.20. The summed E-state index contributed by atoms with van der Waals surface area (Å²) in [6.07, 6.45) is 0.0275.